The minimum absolute atomic E-state index is 0.800. The Labute approximate surface area is 126 Å². The summed E-state index contributed by atoms with van der Waals surface area (Å²) in [5, 5.41) is 6.66. The number of thiazole rings is 2. The van der Waals surface area contributed by atoms with Gasteiger partial charge in [0.2, 0.25) is 0 Å². The van der Waals surface area contributed by atoms with Crippen LogP contribution in [0.25, 0.3) is 11.3 Å². The van der Waals surface area contributed by atoms with Crippen molar-refractivity contribution in [2.45, 2.75) is 20.0 Å². The maximum atomic E-state index is 4.67. The Kier molecular flexibility index (Phi) is 4.20. The lowest BCUT2D eigenvalue weighted by molar-refractivity contribution is 0.694. The van der Waals surface area contributed by atoms with Crippen molar-refractivity contribution in [3.63, 3.8) is 0 Å². The topological polar surface area (TPSA) is 37.8 Å². The van der Waals surface area contributed by atoms with E-state index < -0.39 is 0 Å². The average Bonchev–Trinajstić information content (AvgIpc) is 3.10. The van der Waals surface area contributed by atoms with Crippen molar-refractivity contribution in [3.05, 3.63) is 56.8 Å². The maximum Gasteiger partial charge on any atom is 0.107 e. The van der Waals surface area contributed by atoms with Crippen LogP contribution in [0.5, 0.6) is 0 Å². The van der Waals surface area contributed by atoms with Crippen molar-refractivity contribution >= 4 is 22.7 Å². The molecule has 1 aromatic carbocycles. The minimum atomic E-state index is 0.800. The molecule has 3 aromatic rings. The Morgan fingerprint density at radius 2 is 1.95 bits per heavy atom. The van der Waals surface area contributed by atoms with E-state index in [0.29, 0.717) is 0 Å². The zero-order valence-electron chi connectivity index (χ0n) is 11.2. The lowest BCUT2D eigenvalue weighted by Gasteiger charge is -2.00. The summed E-state index contributed by atoms with van der Waals surface area (Å²) in [5.74, 6) is 0. The van der Waals surface area contributed by atoms with Crippen molar-refractivity contribution < 1.29 is 0 Å². The number of aromatic nitrogens is 2. The molecule has 3 nitrogen and oxygen atoms in total. The highest BCUT2D eigenvalue weighted by Crippen LogP contribution is 2.21. The fourth-order valence-electron chi connectivity index (χ4n) is 1.91. The van der Waals surface area contributed by atoms with Crippen molar-refractivity contribution in [1.29, 1.82) is 0 Å². The number of hydrogen-bond acceptors (Lipinski definition) is 5. The van der Waals surface area contributed by atoms with Crippen molar-refractivity contribution in [1.82, 2.24) is 15.3 Å². The number of rotatable bonds is 5. The molecule has 0 spiro atoms. The first-order valence-electron chi connectivity index (χ1n) is 6.42. The van der Waals surface area contributed by atoms with Gasteiger partial charge in [0.15, 0.2) is 0 Å². The lowest BCUT2D eigenvalue weighted by Crippen LogP contribution is -2.12. The number of benzene rings is 1. The predicted octanol–water partition coefficient (Wildman–Crippen LogP) is 3.86. The number of nitrogens with one attached hydrogen (secondary N) is 1. The van der Waals surface area contributed by atoms with Gasteiger partial charge in [-0.05, 0) is 6.92 Å². The molecular weight excluding hydrogens is 286 g/mol. The van der Waals surface area contributed by atoms with Crippen LogP contribution >= 0.6 is 22.7 Å². The summed E-state index contributed by atoms with van der Waals surface area (Å²) in [5.41, 5.74) is 5.24. The van der Waals surface area contributed by atoms with E-state index in [1.165, 1.54) is 10.4 Å². The summed E-state index contributed by atoms with van der Waals surface area (Å²) in [6.45, 7) is 3.70. The molecule has 102 valence electrons. The second-order valence-corrected chi connectivity index (χ2v) is 6.34. The Morgan fingerprint density at radius 3 is 2.70 bits per heavy atom. The third-order valence-corrected chi connectivity index (χ3v) is 4.81. The highest BCUT2D eigenvalue weighted by molar-refractivity contribution is 7.10. The molecule has 5 heteroatoms. The largest absolute Gasteiger partial charge is 0.305 e. The van der Waals surface area contributed by atoms with Gasteiger partial charge in [-0.1, -0.05) is 30.3 Å². The molecule has 0 aliphatic carbocycles. The first-order chi connectivity index (χ1) is 9.83. The molecule has 20 heavy (non-hydrogen) atoms. The van der Waals surface area contributed by atoms with Gasteiger partial charge in [-0.2, -0.15) is 0 Å². The van der Waals surface area contributed by atoms with Gasteiger partial charge in [0.05, 0.1) is 16.9 Å². The summed E-state index contributed by atoms with van der Waals surface area (Å²) < 4.78 is 0. The molecule has 1 N–H and O–H groups in total. The molecule has 3 rings (SSSR count). The Bertz CT molecular complexity index is 673. The molecule has 0 fully saturated rings. The number of nitrogens with zero attached hydrogens (tertiary/aromatic N) is 2. The number of aryl methyl sites for hydroxylation is 1. The second-order valence-electron chi connectivity index (χ2n) is 4.46. The first-order valence-corrected chi connectivity index (χ1v) is 8.18. The zero-order valence-corrected chi connectivity index (χ0v) is 12.8. The zero-order chi connectivity index (χ0) is 13.8. The van der Waals surface area contributed by atoms with Gasteiger partial charge < -0.3 is 5.32 Å². The summed E-state index contributed by atoms with van der Waals surface area (Å²) in [7, 11) is 0. The van der Waals surface area contributed by atoms with Crippen LogP contribution in [0.15, 0.2) is 41.2 Å². The van der Waals surface area contributed by atoms with Crippen molar-refractivity contribution in [2.75, 3.05) is 0 Å². The molecule has 0 atom stereocenters. The quantitative estimate of drug-likeness (QED) is 0.777. The molecule has 0 aliphatic rings. The Morgan fingerprint density at radius 1 is 1.10 bits per heavy atom. The van der Waals surface area contributed by atoms with Crippen LogP contribution in [0.2, 0.25) is 0 Å². The lowest BCUT2D eigenvalue weighted by atomic mass is 10.2. The van der Waals surface area contributed by atoms with Crippen LogP contribution in [0.3, 0.4) is 0 Å². The van der Waals surface area contributed by atoms with E-state index in [1.54, 1.807) is 22.7 Å². The molecular formula is C15H15N3S2. The predicted molar refractivity (Wildman–Crippen MR) is 84.9 cm³/mol. The summed E-state index contributed by atoms with van der Waals surface area (Å²) in [6, 6.07) is 10.3. The molecule has 0 radical (unpaired) electrons. The van der Waals surface area contributed by atoms with E-state index in [4.69, 9.17) is 0 Å². The standard InChI is InChI=1S/C15H15N3S2/c1-11-14(20-10-17-11)7-16-8-15-18-13(9-19-15)12-5-3-2-4-6-12/h2-6,9-10,16H,7-8H2,1H3. The molecule has 0 saturated heterocycles. The summed E-state index contributed by atoms with van der Waals surface area (Å²) >= 11 is 3.40. The highest BCUT2D eigenvalue weighted by Gasteiger charge is 2.05. The third-order valence-electron chi connectivity index (χ3n) is 3.03. The monoisotopic (exact) mass is 301 g/mol. The van der Waals surface area contributed by atoms with Crippen LogP contribution in [0.1, 0.15) is 15.6 Å². The fourth-order valence-corrected chi connectivity index (χ4v) is 3.43. The molecule has 0 amide bonds. The minimum Gasteiger partial charge on any atom is -0.305 e. The molecule has 0 unspecified atom stereocenters. The van der Waals surface area contributed by atoms with Crippen molar-refractivity contribution in [2.24, 2.45) is 0 Å². The highest BCUT2D eigenvalue weighted by atomic mass is 32.1. The van der Waals surface area contributed by atoms with E-state index >= 15 is 0 Å². The van der Waals surface area contributed by atoms with Crippen LogP contribution in [0, 0.1) is 6.92 Å². The smallest absolute Gasteiger partial charge is 0.107 e. The summed E-state index contributed by atoms with van der Waals surface area (Å²) in [4.78, 5) is 10.2. The van der Waals surface area contributed by atoms with Gasteiger partial charge in [0, 0.05) is 28.9 Å². The van der Waals surface area contributed by atoms with Crippen LogP contribution in [-0.2, 0) is 13.1 Å². The van der Waals surface area contributed by atoms with Crippen LogP contribution in [0.4, 0.5) is 0 Å². The molecule has 2 heterocycles. The average molecular weight is 301 g/mol. The Balaban J connectivity index is 1.59. The molecule has 0 bridgehead atoms. The SMILES string of the molecule is Cc1ncsc1CNCc1nc(-c2ccccc2)cs1. The van der Waals surface area contributed by atoms with Crippen molar-refractivity contribution in [3.8, 4) is 11.3 Å². The number of hydrogen-bond donors (Lipinski definition) is 1. The van der Waals surface area contributed by atoms with Gasteiger partial charge >= 0.3 is 0 Å². The third kappa shape index (κ3) is 3.12. The van der Waals surface area contributed by atoms with E-state index in [1.807, 2.05) is 30.6 Å². The van der Waals surface area contributed by atoms with E-state index in [0.717, 1.165) is 29.5 Å². The second kappa shape index (κ2) is 6.26. The van der Waals surface area contributed by atoms with E-state index in [-0.39, 0.29) is 0 Å². The van der Waals surface area contributed by atoms with Gasteiger partial charge in [-0.25, -0.2) is 9.97 Å². The fraction of sp³-hybridized carbons (Fsp3) is 0.200. The molecule has 2 aromatic heterocycles. The first kappa shape index (κ1) is 13.4. The van der Waals surface area contributed by atoms with E-state index in [9.17, 15) is 0 Å². The Hall–Kier alpha value is -1.56. The van der Waals surface area contributed by atoms with Gasteiger partial charge in [0.25, 0.3) is 0 Å². The van der Waals surface area contributed by atoms with E-state index in [2.05, 4.69) is 32.8 Å². The normalized spacial score (nSPS) is 10.8. The van der Waals surface area contributed by atoms with Crippen LogP contribution in [-0.4, -0.2) is 9.97 Å². The van der Waals surface area contributed by atoms with Gasteiger partial charge in [-0.3, -0.25) is 0 Å². The van der Waals surface area contributed by atoms with Gasteiger partial charge in [0.1, 0.15) is 5.01 Å². The van der Waals surface area contributed by atoms with Crippen LogP contribution < -0.4 is 5.32 Å². The maximum absolute atomic E-state index is 4.67. The summed E-state index contributed by atoms with van der Waals surface area (Å²) in [6.07, 6.45) is 0. The molecule has 0 saturated carbocycles. The van der Waals surface area contributed by atoms with Gasteiger partial charge in [-0.15, -0.1) is 22.7 Å². The molecule has 0 aliphatic heterocycles.